The Labute approximate surface area is 87.2 Å². The number of carbonyl (C=O) groups is 3. The highest BCUT2D eigenvalue weighted by atomic mass is 16.4. The van der Waals surface area contributed by atoms with Crippen LogP contribution in [0.2, 0.25) is 0 Å². The molecular weight excluding hydrogens is 200 g/mol. The number of imide groups is 1. The molecule has 15 heavy (non-hydrogen) atoms. The molecule has 3 amide bonds. The minimum Gasteiger partial charge on any atom is -0.480 e. The highest BCUT2D eigenvalue weighted by molar-refractivity contribution is 6.09. The van der Waals surface area contributed by atoms with Gasteiger partial charge in [-0.3, -0.25) is 4.79 Å². The fourth-order valence-corrected chi connectivity index (χ4v) is 1.41. The van der Waals surface area contributed by atoms with Gasteiger partial charge in [-0.15, -0.1) is 0 Å². The monoisotopic (exact) mass is 214 g/mol. The molecule has 2 unspecified atom stereocenters. The van der Waals surface area contributed by atoms with Crippen molar-refractivity contribution in [2.24, 2.45) is 0 Å². The second kappa shape index (κ2) is 3.52. The lowest BCUT2D eigenvalue weighted by molar-refractivity contribution is -0.147. The first-order chi connectivity index (χ1) is 6.83. The van der Waals surface area contributed by atoms with Crippen LogP contribution in [0.15, 0.2) is 0 Å². The van der Waals surface area contributed by atoms with Crippen LogP contribution in [0, 0.1) is 0 Å². The zero-order valence-corrected chi connectivity index (χ0v) is 8.90. The van der Waals surface area contributed by atoms with Gasteiger partial charge in [-0.2, -0.15) is 0 Å². The summed E-state index contributed by atoms with van der Waals surface area (Å²) in [5.41, 5.74) is -0.971. The lowest BCUT2D eigenvalue weighted by Gasteiger charge is -2.21. The Kier molecular flexibility index (Phi) is 2.70. The molecule has 1 saturated heterocycles. The number of rotatable bonds is 3. The Morgan fingerprint density at radius 2 is 2.13 bits per heavy atom. The van der Waals surface area contributed by atoms with Crippen molar-refractivity contribution in [2.75, 3.05) is 0 Å². The summed E-state index contributed by atoms with van der Waals surface area (Å²) < 4.78 is 0. The Balaban J connectivity index is 2.99. The number of amides is 3. The molecule has 1 aliphatic rings. The van der Waals surface area contributed by atoms with E-state index >= 15 is 0 Å². The Morgan fingerprint density at radius 1 is 1.60 bits per heavy atom. The van der Waals surface area contributed by atoms with E-state index in [-0.39, 0.29) is 0 Å². The second-order valence-electron chi connectivity index (χ2n) is 3.81. The van der Waals surface area contributed by atoms with Crippen LogP contribution >= 0.6 is 0 Å². The van der Waals surface area contributed by atoms with Crippen LogP contribution in [0.5, 0.6) is 0 Å². The number of hydrogen-bond donors (Lipinski definition) is 2. The maximum atomic E-state index is 11.8. The zero-order chi connectivity index (χ0) is 11.8. The summed E-state index contributed by atoms with van der Waals surface area (Å²) >= 11 is 0. The fourth-order valence-electron chi connectivity index (χ4n) is 1.41. The van der Waals surface area contributed by atoms with Gasteiger partial charge in [0.25, 0.3) is 5.91 Å². The predicted molar refractivity (Wildman–Crippen MR) is 51.2 cm³/mol. The molecule has 84 valence electrons. The van der Waals surface area contributed by atoms with Crippen LogP contribution < -0.4 is 5.32 Å². The molecule has 0 aliphatic carbocycles. The number of aliphatic carboxylic acids is 1. The minimum absolute atomic E-state index is 0.431. The first kappa shape index (κ1) is 11.5. The van der Waals surface area contributed by atoms with Crippen molar-refractivity contribution in [1.82, 2.24) is 10.2 Å². The maximum absolute atomic E-state index is 11.8. The van der Waals surface area contributed by atoms with Gasteiger partial charge >= 0.3 is 12.0 Å². The van der Waals surface area contributed by atoms with E-state index in [1.807, 2.05) is 0 Å². The second-order valence-corrected chi connectivity index (χ2v) is 3.81. The lowest BCUT2D eigenvalue weighted by Crippen LogP contribution is -2.46. The SMILES string of the molecule is CCC1(C)NC(=O)N(C(C)C(=O)O)C1=O. The van der Waals surface area contributed by atoms with Gasteiger partial charge in [0.05, 0.1) is 0 Å². The zero-order valence-electron chi connectivity index (χ0n) is 8.90. The molecule has 0 bridgehead atoms. The standard InChI is InChI=1S/C9H14N2O4/c1-4-9(3)7(14)11(8(15)10-9)5(2)6(12)13/h5H,4H2,1-3H3,(H,10,15)(H,12,13). The van der Waals surface area contributed by atoms with E-state index in [1.54, 1.807) is 13.8 Å². The van der Waals surface area contributed by atoms with Gasteiger partial charge in [-0.05, 0) is 20.3 Å². The van der Waals surface area contributed by atoms with Crippen LogP contribution in [0.25, 0.3) is 0 Å². The van der Waals surface area contributed by atoms with Crippen LogP contribution in [-0.4, -0.2) is 39.5 Å². The normalized spacial score (nSPS) is 27.8. The number of urea groups is 1. The molecule has 2 N–H and O–H groups in total. The lowest BCUT2D eigenvalue weighted by atomic mass is 9.99. The number of carboxylic acids is 1. The smallest absolute Gasteiger partial charge is 0.326 e. The molecule has 0 aromatic rings. The summed E-state index contributed by atoms with van der Waals surface area (Å²) in [6, 6.07) is -1.77. The first-order valence-corrected chi connectivity index (χ1v) is 4.72. The summed E-state index contributed by atoms with van der Waals surface area (Å²) in [6.07, 6.45) is 0.431. The van der Waals surface area contributed by atoms with Gasteiger partial charge in [0.15, 0.2) is 0 Å². The van der Waals surface area contributed by atoms with E-state index in [2.05, 4.69) is 5.32 Å². The van der Waals surface area contributed by atoms with Crippen molar-refractivity contribution in [2.45, 2.75) is 38.8 Å². The van der Waals surface area contributed by atoms with Gasteiger partial charge in [-0.1, -0.05) is 6.92 Å². The number of nitrogens with one attached hydrogen (secondary N) is 1. The molecule has 0 spiro atoms. The third-order valence-electron chi connectivity index (χ3n) is 2.74. The molecule has 6 nitrogen and oxygen atoms in total. The van der Waals surface area contributed by atoms with E-state index < -0.39 is 29.5 Å². The molecule has 6 heteroatoms. The summed E-state index contributed by atoms with van der Waals surface area (Å²) in [7, 11) is 0. The van der Waals surface area contributed by atoms with Crippen molar-refractivity contribution in [3.63, 3.8) is 0 Å². The van der Waals surface area contributed by atoms with Crippen LogP contribution in [0.4, 0.5) is 4.79 Å². The van der Waals surface area contributed by atoms with E-state index in [0.717, 1.165) is 4.90 Å². The summed E-state index contributed by atoms with van der Waals surface area (Å²) in [6.45, 7) is 4.65. The third-order valence-corrected chi connectivity index (χ3v) is 2.74. The van der Waals surface area contributed by atoms with E-state index in [4.69, 9.17) is 5.11 Å². The Hall–Kier alpha value is -1.59. The van der Waals surface area contributed by atoms with Crippen LogP contribution in [0.1, 0.15) is 27.2 Å². The number of hydrogen-bond acceptors (Lipinski definition) is 3. The van der Waals surface area contributed by atoms with Crippen molar-refractivity contribution in [3.8, 4) is 0 Å². The fraction of sp³-hybridized carbons (Fsp3) is 0.667. The van der Waals surface area contributed by atoms with Crippen molar-refractivity contribution >= 4 is 17.9 Å². The van der Waals surface area contributed by atoms with Crippen molar-refractivity contribution < 1.29 is 19.5 Å². The number of carbonyl (C=O) groups excluding carboxylic acids is 2. The highest BCUT2D eigenvalue weighted by Crippen LogP contribution is 2.22. The van der Waals surface area contributed by atoms with Gasteiger partial charge in [0, 0.05) is 0 Å². The molecule has 0 saturated carbocycles. The molecule has 2 atom stereocenters. The Bertz CT molecular complexity index is 328. The van der Waals surface area contributed by atoms with Crippen LogP contribution in [0.3, 0.4) is 0 Å². The number of nitrogens with zero attached hydrogens (tertiary/aromatic N) is 1. The molecule has 1 rings (SSSR count). The average molecular weight is 214 g/mol. The number of carboxylic acid groups (broad SMARTS) is 1. The first-order valence-electron chi connectivity index (χ1n) is 4.72. The quantitative estimate of drug-likeness (QED) is 0.656. The van der Waals surface area contributed by atoms with Gasteiger partial charge in [-0.25, -0.2) is 14.5 Å². The molecule has 1 fully saturated rings. The van der Waals surface area contributed by atoms with E-state index in [9.17, 15) is 14.4 Å². The average Bonchev–Trinajstić information content (AvgIpc) is 2.38. The molecule has 0 aromatic heterocycles. The molecule has 1 aliphatic heterocycles. The van der Waals surface area contributed by atoms with Gasteiger partial charge < -0.3 is 10.4 Å². The topological polar surface area (TPSA) is 86.7 Å². The highest BCUT2D eigenvalue weighted by Gasteiger charge is 2.49. The van der Waals surface area contributed by atoms with Crippen molar-refractivity contribution in [3.05, 3.63) is 0 Å². The van der Waals surface area contributed by atoms with E-state index in [0.29, 0.717) is 6.42 Å². The third kappa shape index (κ3) is 1.67. The minimum atomic E-state index is -1.20. The van der Waals surface area contributed by atoms with Crippen molar-refractivity contribution in [1.29, 1.82) is 0 Å². The Morgan fingerprint density at radius 3 is 2.47 bits per heavy atom. The van der Waals surface area contributed by atoms with E-state index in [1.165, 1.54) is 6.92 Å². The molecule has 0 aromatic carbocycles. The largest absolute Gasteiger partial charge is 0.480 e. The maximum Gasteiger partial charge on any atom is 0.326 e. The van der Waals surface area contributed by atoms with Crippen LogP contribution in [-0.2, 0) is 9.59 Å². The van der Waals surface area contributed by atoms with Gasteiger partial charge in [0.1, 0.15) is 11.6 Å². The molecule has 0 radical (unpaired) electrons. The predicted octanol–water partition coefficient (Wildman–Crippen LogP) is 0.180. The summed E-state index contributed by atoms with van der Waals surface area (Å²) in [5, 5.41) is 11.2. The summed E-state index contributed by atoms with van der Waals surface area (Å²) in [4.78, 5) is 34.7. The molecular formula is C9H14N2O4. The molecule has 1 heterocycles. The summed E-state index contributed by atoms with van der Waals surface area (Å²) in [5.74, 6) is -1.68. The van der Waals surface area contributed by atoms with Gasteiger partial charge in [0.2, 0.25) is 0 Å².